The second kappa shape index (κ2) is 5.62. The second-order valence-corrected chi connectivity index (χ2v) is 7.16. The summed E-state index contributed by atoms with van der Waals surface area (Å²) >= 11 is 0. The molecule has 0 radical (unpaired) electrons. The van der Waals surface area contributed by atoms with E-state index in [0.29, 0.717) is 11.8 Å². The number of hydrogen-bond donors (Lipinski definition) is 3. The van der Waals surface area contributed by atoms with E-state index in [1.165, 1.54) is 12.0 Å². The summed E-state index contributed by atoms with van der Waals surface area (Å²) in [7, 11) is 0. The minimum atomic E-state index is -0.127. The number of carbonyl (C=O) groups is 1. The van der Waals surface area contributed by atoms with Gasteiger partial charge in [0.25, 0.3) is 0 Å². The first-order valence-electron chi connectivity index (χ1n) is 8.84. The topological polar surface area (TPSA) is 69.8 Å². The van der Waals surface area contributed by atoms with Crippen LogP contribution in [0.2, 0.25) is 0 Å². The maximum Gasteiger partial charge on any atom is 0.319 e. The SMILES string of the molecule is O=C(Nc1cccc2[nH]ncc12)N[C@@H]1C[C@H](c2ccccc2)[C@H]2C[C@@H]21. The van der Waals surface area contributed by atoms with Gasteiger partial charge in [-0.3, -0.25) is 5.10 Å². The predicted octanol–water partition coefficient (Wildman–Crippen LogP) is 3.88. The zero-order valence-corrected chi connectivity index (χ0v) is 13.8. The molecule has 25 heavy (non-hydrogen) atoms. The Bertz CT molecular complexity index is 920. The average molecular weight is 332 g/mol. The summed E-state index contributed by atoms with van der Waals surface area (Å²) < 4.78 is 0. The van der Waals surface area contributed by atoms with Crippen LogP contribution in [0.4, 0.5) is 10.5 Å². The quantitative estimate of drug-likeness (QED) is 0.681. The van der Waals surface area contributed by atoms with E-state index in [1.54, 1.807) is 6.20 Å². The molecule has 0 spiro atoms. The molecular weight excluding hydrogens is 312 g/mol. The first-order chi connectivity index (χ1) is 12.3. The van der Waals surface area contributed by atoms with E-state index in [4.69, 9.17) is 0 Å². The summed E-state index contributed by atoms with van der Waals surface area (Å²) in [4.78, 5) is 12.5. The molecule has 0 unspecified atom stereocenters. The molecule has 2 fully saturated rings. The lowest BCUT2D eigenvalue weighted by Gasteiger charge is -2.18. The first-order valence-corrected chi connectivity index (χ1v) is 8.84. The van der Waals surface area contributed by atoms with Crippen LogP contribution >= 0.6 is 0 Å². The van der Waals surface area contributed by atoms with E-state index in [2.05, 4.69) is 51.2 Å². The lowest BCUT2D eigenvalue weighted by Crippen LogP contribution is -2.38. The number of carbonyl (C=O) groups excluding carboxylic acids is 1. The Balaban J connectivity index is 1.27. The van der Waals surface area contributed by atoms with E-state index >= 15 is 0 Å². The van der Waals surface area contributed by atoms with Gasteiger partial charge in [0.2, 0.25) is 0 Å². The maximum atomic E-state index is 12.5. The van der Waals surface area contributed by atoms with E-state index in [-0.39, 0.29) is 12.1 Å². The fourth-order valence-electron chi connectivity index (χ4n) is 4.44. The molecular formula is C20H20N4O. The lowest BCUT2D eigenvalue weighted by atomic mass is 9.93. The number of rotatable bonds is 3. The van der Waals surface area contributed by atoms with Gasteiger partial charge in [-0.05, 0) is 48.3 Å². The molecule has 5 nitrogen and oxygen atoms in total. The minimum absolute atomic E-state index is 0.127. The second-order valence-electron chi connectivity index (χ2n) is 7.16. The van der Waals surface area contributed by atoms with E-state index in [9.17, 15) is 4.79 Å². The lowest BCUT2D eigenvalue weighted by molar-refractivity contribution is 0.247. The number of urea groups is 1. The normalized spacial score (nSPS) is 27.0. The number of benzene rings is 2. The average Bonchev–Trinajstić information content (AvgIpc) is 3.12. The van der Waals surface area contributed by atoms with Gasteiger partial charge in [-0.25, -0.2) is 4.79 Å². The molecule has 3 aromatic rings. The number of hydrogen-bond acceptors (Lipinski definition) is 2. The molecule has 126 valence electrons. The van der Waals surface area contributed by atoms with Crippen molar-refractivity contribution in [2.24, 2.45) is 11.8 Å². The van der Waals surface area contributed by atoms with Crippen molar-refractivity contribution in [2.45, 2.75) is 24.8 Å². The number of fused-ring (bicyclic) bond motifs is 2. The Kier molecular flexibility index (Phi) is 3.26. The van der Waals surface area contributed by atoms with Gasteiger partial charge in [-0.2, -0.15) is 5.10 Å². The van der Waals surface area contributed by atoms with Gasteiger partial charge in [-0.15, -0.1) is 0 Å². The third kappa shape index (κ3) is 2.56. The van der Waals surface area contributed by atoms with Crippen molar-refractivity contribution in [3.05, 3.63) is 60.3 Å². The van der Waals surface area contributed by atoms with Gasteiger partial charge >= 0.3 is 6.03 Å². The summed E-state index contributed by atoms with van der Waals surface area (Å²) in [5, 5.41) is 14.1. The molecule has 0 saturated heterocycles. The number of aromatic nitrogens is 2. The number of aromatic amines is 1. The fourth-order valence-corrected chi connectivity index (χ4v) is 4.44. The number of nitrogens with zero attached hydrogens (tertiary/aromatic N) is 1. The molecule has 2 amide bonds. The van der Waals surface area contributed by atoms with Gasteiger partial charge in [-0.1, -0.05) is 36.4 Å². The number of H-pyrrole nitrogens is 1. The van der Waals surface area contributed by atoms with Crippen LogP contribution in [0.1, 0.15) is 24.3 Å². The van der Waals surface area contributed by atoms with Crippen LogP contribution in [0.3, 0.4) is 0 Å². The maximum absolute atomic E-state index is 12.5. The van der Waals surface area contributed by atoms with Gasteiger partial charge in [0.15, 0.2) is 0 Å². The van der Waals surface area contributed by atoms with Crippen molar-refractivity contribution in [3.63, 3.8) is 0 Å². The molecule has 3 N–H and O–H groups in total. The summed E-state index contributed by atoms with van der Waals surface area (Å²) in [5.41, 5.74) is 3.11. The van der Waals surface area contributed by atoms with E-state index in [1.807, 2.05) is 18.2 Å². The molecule has 2 saturated carbocycles. The van der Waals surface area contributed by atoms with Crippen molar-refractivity contribution in [1.82, 2.24) is 15.5 Å². The van der Waals surface area contributed by atoms with Crippen LogP contribution < -0.4 is 10.6 Å². The molecule has 1 heterocycles. The highest BCUT2D eigenvalue weighted by Crippen LogP contribution is 2.59. The highest BCUT2D eigenvalue weighted by molar-refractivity contribution is 6.00. The number of anilines is 1. The van der Waals surface area contributed by atoms with E-state index < -0.39 is 0 Å². The van der Waals surface area contributed by atoms with Gasteiger partial charge < -0.3 is 10.6 Å². The third-order valence-corrected chi connectivity index (χ3v) is 5.71. The molecule has 4 atom stereocenters. The van der Waals surface area contributed by atoms with Crippen LogP contribution in [-0.2, 0) is 0 Å². The smallest absolute Gasteiger partial charge is 0.319 e. The molecule has 1 aromatic heterocycles. The van der Waals surface area contributed by atoms with Gasteiger partial charge in [0.1, 0.15) is 0 Å². The van der Waals surface area contributed by atoms with Crippen molar-refractivity contribution in [1.29, 1.82) is 0 Å². The van der Waals surface area contributed by atoms with Crippen LogP contribution in [0.25, 0.3) is 10.9 Å². The highest BCUT2D eigenvalue weighted by atomic mass is 16.2. The van der Waals surface area contributed by atoms with Crippen molar-refractivity contribution < 1.29 is 4.79 Å². The van der Waals surface area contributed by atoms with Gasteiger partial charge in [0.05, 0.1) is 17.4 Å². The first kappa shape index (κ1) is 14.5. The Morgan fingerprint density at radius 1 is 1.04 bits per heavy atom. The molecule has 0 bridgehead atoms. The standard InChI is InChI=1S/C20H20N4O/c25-20(22-17-7-4-8-18-16(17)11-21-24-18)23-19-10-13(14-9-15(14)19)12-5-2-1-3-6-12/h1-8,11,13-15,19H,9-10H2,(H,21,24)(H2,22,23,25)/t13-,14-,15+,19-/m1/s1. The van der Waals surface area contributed by atoms with Crippen LogP contribution in [0.15, 0.2) is 54.7 Å². The fraction of sp³-hybridized carbons (Fsp3) is 0.300. The van der Waals surface area contributed by atoms with Crippen molar-refractivity contribution >= 4 is 22.6 Å². The number of nitrogens with one attached hydrogen (secondary N) is 3. The molecule has 2 aliphatic rings. The number of amides is 2. The Morgan fingerprint density at radius 2 is 1.92 bits per heavy atom. The van der Waals surface area contributed by atoms with E-state index in [0.717, 1.165) is 28.9 Å². The Labute approximate surface area is 145 Å². The predicted molar refractivity (Wildman–Crippen MR) is 97.4 cm³/mol. The zero-order valence-electron chi connectivity index (χ0n) is 13.8. The summed E-state index contributed by atoms with van der Waals surface area (Å²) in [6.45, 7) is 0. The van der Waals surface area contributed by atoms with Gasteiger partial charge in [0, 0.05) is 11.4 Å². The summed E-state index contributed by atoms with van der Waals surface area (Å²) in [6, 6.07) is 16.6. The largest absolute Gasteiger partial charge is 0.335 e. The van der Waals surface area contributed by atoms with Crippen molar-refractivity contribution in [3.8, 4) is 0 Å². The Morgan fingerprint density at radius 3 is 2.80 bits per heavy atom. The summed E-state index contributed by atoms with van der Waals surface area (Å²) in [6.07, 6.45) is 3.99. The van der Waals surface area contributed by atoms with Crippen LogP contribution in [-0.4, -0.2) is 22.3 Å². The third-order valence-electron chi connectivity index (χ3n) is 5.71. The zero-order chi connectivity index (χ0) is 16.8. The van der Waals surface area contributed by atoms with Crippen LogP contribution in [0.5, 0.6) is 0 Å². The minimum Gasteiger partial charge on any atom is -0.335 e. The van der Waals surface area contributed by atoms with Crippen LogP contribution in [0, 0.1) is 11.8 Å². The molecule has 0 aliphatic heterocycles. The molecule has 2 aliphatic carbocycles. The van der Waals surface area contributed by atoms with Crippen molar-refractivity contribution in [2.75, 3.05) is 5.32 Å². The highest BCUT2D eigenvalue weighted by Gasteiger charge is 2.54. The molecule has 2 aromatic carbocycles. The monoisotopic (exact) mass is 332 g/mol. The Hall–Kier alpha value is -2.82. The molecule has 5 heteroatoms. The molecule has 5 rings (SSSR count). The summed E-state index contributed by atoms with van der Waals surface area (Å²) in [5.74, 6) is 1.93.